The summed E-state index contributed by atoms with van der Waals surface area (Å²) in [5, 5.41) is 34.9. The summed E-state index contributed by atoms with van der Waals surface area (Å²) in [5.41, 5.74) is 8.53. The Hall–Kier alpha value is -8.20. The third-order valence-corrected chi connectivity index (χ3v) is 16.3. The van der Waals surface area contributed by atoms with Crippen LogP contribution in [0.5, 0.6) is 0 Å². The van der Waals surface area contributed by atoms with Crippen molar-refractivity contribution in [1.29, 1.82) is 10.5 Å². The number of benzene rings is 9. The Labute approximate surface area is 386 Å². The lowest BCUT2D eigenvalue weighted by atomic mass is 9.85. The summed E-state index contributed by atoms with van der Waals surface area (Å²) >= 11 is 3.62. The van der Waals surface area contributed by atoms with E-state index in [0.29, 0.717) is 11.1 Å². The molecule has 0 unspecified atom stereocenters. The predicted octanol–water partition coefficient (Wildman–Crippen LogP) is 16.3. The van der Waals surface area contributed by atoms with Gasteiger partial charge in [0.25, 0.3) is 0 Å². The Balaban J connectivity index is 1.24. The van der Waals surface area contributed by atoms with Crippen molar-refractivity contribution in [2.24, 2.45) is 0 Å². The first-order valence-electron chi connectivity index (χ1n) is 22.1. The fraction of sp³-hybridized carbons (Fsp3) is 0.0508. The molecular weight excluding hydrogens is 843 g/mol. The van der Waals surface area contributed by atoms with Crippen LogP contribution in [0.1, 0.15) is 30.5 Å². The average Bonchev–Trinajstić information content (AvgIpc) is 4.16. The summed E-state index contributed by atoms with van der Waals surface area (Å²) in [6.45, 7) is 4.54. The van der Waals surface area contributed by atoms with Crippen LogP contribution in [0.2, 0.25) is 0 Å². The zero-order valence-electron chi connectivity index (χ0n) is 35.8. The lowest BCUT2D eigenvalue weighted by Gasteiger charge is -2.35. The van der Waals surface area contributed by atoms with Gasteiger partial charge in [-0.05, 0) is 80.6 Å². The fourth-order valence-corrected chi connectivity index (χ4v) is 13.8. The van der Waals surface area contributed by atoms with E-state index < -0.39 is 5.54 Å². The van der Waals surface area contributed by atoms with E-state index in [-0.39, 0.29) is 0 Å². The minimum atomic E-state index is -0.889. The van der Waals surface area contributed by atoms with Gasteiger partial charge in [-0.25, -0.2) is 0 Å². The summed E-state index contributed by atoms with van der Waals surface area (Å²) in [7, 11) is 0. The van der Waals surface area contributed by atoms with Gasteiger partial charge in [0.1, 0.15) is 12.1 Å². The molecule has 0 bridgehead atoms. The summed E-state index contributed by atoms with van der Waals surface area (Å²) in [4.78, 5) is 0. The lowest BCUT2D eigenvalue weighted by Crippen LogP contribution is -2.32. The molecule has 0 atom stereocenters. The third kappa shape index (κ3) is 4.75. The van der Waals surface area contributed by atoms with Crippen LogP contribution in [-0.4, -0.2) is 13.7 Å². The summed E-state index contributed by atoms with van der Waals surface area (Å²) in [5.74, 6) is 0. The maximum absolute atomic E-state index is 11.6. The Morgan fingerprint density at radius 2 is 0.758 bits per heavy atom. The Morgan fingerprint density at radius 1 is 0.379 bits per heavy atom. The van der Waals surface area contributed by atoms with Crippen LogP contribution >= 0.6 is 22.7 Å². The van der Waals surface area contributed by atoms with Gasteiger partial charge in [-0.3, -0.25) is 0 Å². The Kier molecular flexibility index (Phi) is 7.56. The molecule has 0 saturated heterocycles. The summed E-state index contributed by atoms with van der Waals surface area (Å²) in [6, 6.07) is 68.0. The smallest absolute Gasteiger partial charge is 0.101 e. The molecule has 5 nitrogen and oxygen atoms in total. The second-order valence-corrected chi connectivity index (χ2v) is 19.9. The van der Waals surface area contributed by atoms with Crippen LogP contribution in [0.25, 0.3) is 117 Å². The monoisotopic (exact) mass is 877 g/mol. The molecule has 14 rings (SSSR count). The second-order valence-electron chi connectivity index (χ2n) is 17.8. The number of fused-ring (bicyclic) bond motifs is 17. The van der Waals surface area contributed by atoms with Crippen LogP contribution in [0.4, 0.5) is 0 Å². The SMILES string of the molecule is CC(C)(c1c(-n2c3ccccc3c3c4c(ccc32)sc2ccccc24)c(C#N)cc(C#N)c1-n1c2ccccc2c2c3c(ccc21)sc1ccccc13)n1c2ccccc2c2ccccc21. The second kappa shape index (κ2) is 13.4. The van der Waals surface area contributed by atoms with Gasteiger partial charge in [0.15, 0.2) is 0 Å². The van der Waals surface area contributed by atoms with Crippen molar-refractivity contribution in [2.45, 2.75) is 19.4 Å². The van der Waals surface area contributed by atoms with Crippen LogP contribution in [0.3, 0.4) is 0 Å². The number of rotatable bonds is 4. The van der Waals surface area contributed by atoms with Crippen molar-refractivity contribution in [3.05, 3.63) is 193 Å². The first-order valence-corrected chi connectivity index (χ1v) is 23.8. The zero-order valence-corrected chi connectivity index (χ0v) is 37.4. The quantitative estimate of drug-likeness (QED) is 0.177. The van der Waals surface area contributed by atoms with Gasteiger partial charge in [0.2, 0.25) is 0 Å². The van der Waals surface area contributed by atoms with Crippen LogP contribution < -0.4 is 0 Å². The highest BCUT2D eigenvalue weighted by molar-refractivity contribution is 7.26. The van der Waals surface area contributed by atoms with Crippen molar-refractivity contribution in [2.75, 3.05) is 0 Å². The van der Waals surface area contributed by atoms with Gasteiger partial charge in [-0.15, -0.1) is 22.7 Å². The first-order chi connectivity index (χ1) is 32.5. The molecular formula is C59H35N5S2. The van der Waals surface area contributed by atoms with Crippen molar-refractivity contribution in [3.8, 4) is 23.5 Å². The summed E-state index contributed by atoms with van der Waals surface area (Å²) < 4.78 is 12.0. The Morgan fingerprint density at radius 3 is 1.20 bits per heavy atom. The van der Waals surface area contributed by atoms with Gasteiger partial charge in [-0.1, -0.05) is 109 Å². The topological polar surface area (TPSA) is 62.4 Å². The Bertz CT molecular complexity index is 4260. The number of nitriles is 2. The highest BCUT2D eigenvalue weighted by Gasteiger charge is 2.38. The standard InChI is InChI=1S/C59H35N5S2/c1-59(2,64-44-23-11-3-15-36(44)37-16-4-12-24-45(37)64)56-57(62-42-21-9-5-17-38(42)52-46(62)27-29-50-54(52)40-19-7-13-25-48(40)65-50)34(32-60)31-35(33-61)58(56)63-43-22-10-6-18-39(43)53-47(63)28-30-51-55(53)41-20-8-14-26-49(41)66-51/h3-31H,1-2H3. The molecule has 0 aliphatic carbocycles. The molecule has 308 valence electrons. The average molecular weight is 878 g/mol. The molecule has 66 heavy (non-hydrogen) atoms. The number of para-hydroxylation sites is 4. The van der Waals surface area contributed by atoms with Crippen molar-refractivity contribution in [1.82, 2.24) is 13.7 Å². The lowest BCUT2D eigenvalue weighted by molar-refractivity contribution is 0.462. The number of hydrogen-bond donors (Lipinski definition) is 0. The highest BCUT2D eigenvalue weighted by atomic mass is 32.1. The molecule has 14 aromatic rings. The minimum absolute atomic E-state index is 0.434. The van der Waals surface area contributed by atoms with E-state index in [1.165, 1.54) is 40.3 Å². The van der Waals surface area contributed by atoms with Crippen molar-refractivity contribution >= 4 is 128 Å². The number of aromatic nitrogens is 3. The zero-order chi connectivity index (χ0) is 44.0. The van der Waals surface area contributed by atoms with Gasteiger partial charge >= 0.3 is 0 Å². The normalized spacial score (nSPS) is 12.4. The molecule has 0 radical (unpaired) electrons. The number of hydrogen-bond acceptors (Lipinski definition) is 4. The highest BCUT2D eigenvalue weighted by Crippen LogP contribution is 2.51. The molecule has 7 heteroatoms. The molecule has 0 saturated carbocycles. The van der Waals surface area contributed by atoms with Gasteiger partial charge in [-0.2, -0.15) is 10.5 Å². The van der Waals surface area contributed by atoms with E-state index >= 15 is 0 Å². The molecule has 9 aromatic carbocycles. The van der Waals surface area contributed by atoms with E-state index in [1.54, 1.807) is 0 Å². The first kappa shape index (κ1) is 37.2. The van der Waals surface area contributed by atoms with E-state index in [4.69, 9.17) is 0 Å². The van der Waals surface area contributed by atoms with Crippen LogP contribution in [0.15, 0.2) is 176 Å². The summed E-state index contributed by atoms with van der Waals surface area (Å²) in [6.07, 6.45) is 0. The number of nitrogens with zero attached hydrogens (tertiary/aromatic N) is 5. The molecule has 0 aliphatic rings. The molecule has 5 aromatic heterocycles. The van der Waals surface area contributed by atoms with E-state index in [9.17, 15) is 10.5 Å². The molecule has 5 heterocycles. The molecule has 0 N–H and O–H groups in total. The minimum Gasteiger partial charge on any atom is -0.330 e. The van der Waals surface area contributed by atoms with Crippen LogP contribution in [0, 0.1) is 22.7 Å². The molecule has 0 aliphatic heterocycles. The van der Waals surface area contributed by atoms with E-state index in [2.05, 4.69) is 210 Å². The molecule has 0 amide bonds. The van der Waals surface area contributed by atoms with E-state index in [1.807, 2.05) is 28.7 Å². The molecule has 0 fully saturated rings. The van der Waals surface area contributed by atoms with E-state index in [0.717, 1.165) is 82.4 Å². The maximum Gasteiger partial charge on any atom is 0.101 e. The van der Waals surface area contributed by atoms with Gasteiger partial charge in [0, 0.05) is 89.3 Å². The van der Waals surface area contributed by atoms with Crippen molar-refractivity contribution in [3.63, 3.8) is 0 Å². The number of thiophene rings is 2. The largest absolute Gasteiger partial charge is 0.330 e. The maximum atomic E-state index is 11.6. The third-order valence-electron chi connectivity index (χ3n) is 14.1. The fourth-order valence-electron chi connectivity index (χ4n) is 11.5. The van der Waals surface area contributed by atoms with Gasteiger partial charge in [0.05, 0.1) is 50.1 Å². The van der Waals surface area contributed by atoms with Gasteiger partial charge < -0.3 is 13.7 Å². The van der Waals surface area contributed by atoms with Crippen LogP contribution in [-0.2, 0) is 5.54 Å². The molecule has 0 spiro atoms. The van der Waals surface area contributed by atoms with Crippen molar-refractivity contribution < 1.29 is 0 Å². The predicted molar refractivity (Wildman–Crippen MR) is 278 cm³/mol.